The van der Waals surface area contributed by atoms with Crippen LogP contribution >= 0.6 is 31.9 Å². The first-order valence-corrected chi connectivity index (χ1v) is 8.66. The lowest BCUT2D eigenvalue weighted by Crippen LogP contribution is -2.24. The van der Waals surface area contributed by atoms with E-state index in [-0.39, 0.29) is 5.56 Å². The molecule has 0 bridgehead atoms. The zero-order chi connectivity index (χ0) is 15.7. The Labute approximate surface area is 145 Å². The minimum absolute atomic E-state index is 0.0401. The second kappa shape index (κ2) is 6.34. The van der Waals surface area contributed by atoms with E-state index in [4.69, 9.17) is 4.98 Å². The summed E-state index contributed by atoms with van der Waals surface area (Å²) in [4.78, 5) is 17.7. The van der Waals surface area contributed by atoms with Crippen molar-refractivity contribution in [1.29, 1.82) is 0 Å². The van der Waals surface area contributed by atoms with Gasteiger partial charge in [-0.15, -0.1) is 0 Å². The summed E-state index contributed by atoms with van der Waals surface area (Å²) in [6.07, 6.45) is 1.68. The van der Waals surface area contributed by atoms with Gasteiger partial charge in [-0.1, -0.05) is 35.0 Å². The molecule has 0 fully saturated rings. The molecule has 0 N–H and O–H groups in total. The van der Waals surface area contributed by atoms with Crippen LogP contribution < -0.4 is 5.56 Å². The Bertz CT molecular complexity index is 903. The number of benzene rings is 2. The number of rotatable bonds is 3. The number of aryl methyl sites for hydroxylation is 1. The predicted molar refractivity (Wildman–Crippen MR) is 96.7 cm³/mol. The summed E-state index contributed by atoms with van der Waals surface area (Å²) >= 11 is 6.96. The van der Waals surface area contributed by atoms with E-state index in [2.05, 4.69) is 38.8 Å². The van der Waals surface area contributed by atoms with Gasteiger partial charge >= 0.3 is 0 Å². The highest BCUT2D eigenvalue weighted by Crippen LogP contribution is 2.23. The first-order valence-electron chi connectivity index (χ1n) is 7.08. The van der Waals surface area contributed by atoms with Crippen molar-refractivity contribution in [2.45, 2.75) is 19.8 Å². The summed E-state index contributed by atoms with van der Waals surface area (Å²) < 4.78 is 3.47. The van der Waals surface area contributed by atoms with Crippen molar-refractivity contribution in [1.82, 2.24) is 9.55 Å². The molecule has 22 heavy (non-hydrogen) atoms. The van der Waals surface area contributed by atoms with Crippen molar-refractivity contribution in [3.8, 4) is 5.69 Å². The summed E-state index contributed by atoms with van der Waals surface area (Å²) in [6, 6.07) is 13.3. The molecule has 5 heteroatoms. The van der Waals surface area contributed by atoms with Gasteiger partial charge in [-0.3, -0.25) is 9.36 Å². The average Bonchev–Trinajstić information content (AvgIpc) is 2.50. The lowest BCUT2D eigenvalue weighted by Gasteiger charge is -2.14. The maximum absolute atomic E-state index is 13.0. The molecule has 0 atom stereocenters. The number of hydrogen-bond acceptors (Lipinski definition) is 2. The van der Waals surface area contributed by atoms with E-state index in [1.165, 1.54) is 0 Å². The standard InChI is InChI=1S/C17H14Br2N2O/c1-2-5-16-20-14-9-8-11(18)10-12(14)17(22)21(16)15-7-4-3-6-13(15)19/h3-4,6-10H,2,5H2,1H3. The molecule has 0 aliphatic carbocycles. The Morgan fingerprint density at radius 3 is 2.64 bits per heavy atom. The van der Waals surface area contributed by atoms with Gasteiger partial charge in [0, 0.05) is 15.4 Å². The van der Waals surface area contributed by atoms with Crippen LogP contribution in [0.1, 0.15) is 19.2 Å². The largest absolute Gasteiger partial charge is 0.268 e. The van der Waals surface area contributed by atoms with E-state index < -0.39 is 0 Å². The van der Waals surface area contributed by atoms with Crippen LogP contribution in [0.2, 0.25) is 0 Å². The lowest BCUT2D eigenvalue weighted by molar-refractivity contribution is 0.773. The van der Waals surface area contributed by atoms with Crippen molar-refractivity contribution in [2.75, 3.05) is 0 Å². The van der Waals surface area contributed by atoms with Crippen LogP contribution in [0, 0.1) is 0 Å². The maximum Gasteiger partial charge on any atom is 0.266 e. The van der Waals surface area contributed by atoms with Gasteiger partial charge in [-0.05, 0) is 52.7 Å². The Kier molecular flexibility index (Phi) is 4.45. The fourth-order valence-corrected chi connectivity index (χ4v) is 3.30. The van der Waals surface area contributed by atoms with E-state index in [1.54, 1.807) is 4.57 Å². The molecule has 3 nitrogen and oxygen atoms in total. The van der Waals surface area contributed by atoms with Gasteiger partial charge in [0.1, 0.15) is 5.82 Å². The first kappa shape index (κ1) is 15.4. The molecular formula is C17H14Br2N2O. The zero-order valence-corrected chi connectivity index (χ0v) is 15.2. The van der Waals surface area contributed by atoms with E-state index in [0.29, 0.717) is 5.39 Å². The molecule has 0 saturated carbocycles. The summed E-state index contributed by atoms with van der Waals surface area (Å²) in [5.74, 6) is 0.786. The van der Waals surface area contributed by atoms with Crippen LogP contribution in [0.3, 0.4) is 0 Å². The highest BCUT2D eigenvalue weighted by molar-refractivity contribution is 9.10. The molecule has 2 aromatic carbocycles. The predicted octanol–water partition coefficient (Wildman–Crippen LogP) is 4.86. The SMILES string of the molecule is CCCc1nc2ccc(Br)cc2c(=O)n1-c1ccccc1Br. The van der Waals surface area contributed by atoms with Gasteiger partial charge in [-0.2, -0.15) is 0 Å². The highest BCUT2D eigenvalue weighted by atomic mass is 79.9. The summed E-state index contributed by atoms with van der Waals surface area (Å²) in [5.41, 5.74) is 1.52. The lowest BCUT2D eigenvalue weighted by atomic mass is 10.2. The quantitative estimate of drug-likeness (QED) is 0.605. The van der Waals surface area contributed by atoms with Gasteiger partial charge in [0.05, 0.1) is 16.6 Å². The number of fused-ring (bicyclic) bond motifs is 1. The Morgan fingerprint density at radius 2 is 1.91 bits per heavy atom. The average molecular weight is 422 g/mol. The van der Waals surface area contributed by atoms with Gasteiger partial charge in [0.15, 0.2) is 0 Å². The number of hydrogen-bond donors (Lipinski definition) is 0. The van der Waals surface area contributed by atoms with Crippen molar-refractivity contribution in [3.05, 3.63) is 67.6 Å². The van der Waals surface area contributed by atoms with Crippen molar-refractivity contribution in [3.63, 3.8) is 0 Å². The minimum Gasteiger partial charge on any atom is -0.268 e. The molecule has 1 aromatic heterocycles. The first-order chi connectivity index (χ1) is 10.6. The molecule has 0 radical (unpaired) electrons. The Morgan fingerprint density at radius 1 is 1.14 bits per heavy atom. The van der Waals surface area contributed by atoms with E-state index in [1.807, 2.05) is 42.5 Å². The second-order valence-electron chi connectivity index (χ2n) is 5.03. The molecule has 3 aromatic rings. The summed E-state index contributed by atoms with van der Waals surface area (Å²) in [6.45, 7) is 2.09. The summed E-state index contributed by atoms with van der Waals surface area (Å²) in [7, 11) is 0. The van der Waals surface area contributed by atoms with Crippen molar-refractivity contribution < 1.29 is 0 Å². The number of nitrogens with zero attached hydrogens (tertiary/aromatic N) is 2. The highest BCUT2D eigenvalue weighted by Gasteiger charge is 2.14. The smallest absolute Gasteiger partial charge is 0.266 e. The van der Waals surface area contributed by atoms with Crippen LogP contribution in [-0.4, -0.2) is 9.55 Å². The molecule has 0 saturated heterocycles. The molecule has 1 heterocycles. The van der Waals surface area contributed by atoms with Crippen LogP contribution in [0.5, 0.6) is 0 Å². The zero-order valence-electron chi connectivity index (χ0n) is 12.0. The monoisotopic (exact) mass is 420 g/mol. The van der Waals surface area contributed by atoms with Gasteiger partial charge in [0.25, 0.3) is 5.56 Å². The third-order valence-electron chi connectivity index (χ3n) is 3.47. The Hall–Kier alpha value is -1.46. The maximum atomic E-state index is 13.0. The molecule has 0 unspecified atom stereocenters. The second-order valence-corrected chi connectivity index (χ2v) is 6.80. The molecule has 0 aliphatic heterocycles. The van der Waals surface area contributed by atoms with Gasteiger partial charge < -0.3 is 0 Å². The fraction of sp³-hybridized carbons (Fsp3) is 0.176. The van der Waals surface area contributed by atoms with E-state index in [0.717, 1.165) is 38.8 Å². The molecular weight excluding hydrogens is 408 g/mol. The Balaban J connectivity index is 2.41. The van der Waals surface area contributed by atoms with Crippen molar-refractivity contribution >= 4 is 42.8 Å². The molecule has 3 rings (SSSR count). The normalized spacial score (nSPS) is 11.0. The van der Waals surface area contributed by atoms with Crippen molar-refractivity contribution in [2.24, 2.45) is 0 Å². The fourth-order valence-electron chi connectivity index (χ4n) is 2.48. The van der Waals surface area contributed by atoms with E-state index in [9.17, 15) is 4.79 Å². The third-order valence-corrected chi connectivity index (χ3v) is 4.63. The van der Waals surface area contributed by atoms with Crippen LogP contribution in [0.15, 0.2) is 56.2 Å². The van der Waals surface area contributed by atoms with Crippen LogP contribution in [0.4, 0.5) is 0 Å². The topological polar surface area (TPSA) is 34.9 Å². The minimum atomic E-state index is -0.0401. The molecule has 0 aliphatic rings. The van der Waals surface area contributed by atoms with Crippen LogP contribution in [-0.2, 0) is 6.42 Å². The molecule has 0 spiro atoms. The summed E-state index contributed by atoms with van der Waals surface area (Å²) in [5, 5.41) is 0.616. The van der Waals surface area contributed by atoms with Gasteiger partial charge in [-0.25, -0.2) is 4.98 Å². The molecule has 112 valence electrons. The number of aromatic nitrogens is 2. The van der Waals surface area contributed by atoms with Gasteiger partial charge in [0.2, 0.25) is 0 Å². The molecule has 0 amide bonds. The number of halogens is 2. The number of para-hydroxylation sites is 1. The van der Waals surface area contributed by atoms with Crippen LogP contribution in [0.25, 0.3) is 16.6 Å². The van der Waals surface area contributed by atoms with E-state index >= 15 is 0 Å². The third kappa shape index (κ3) is 2.75.